The summed E-state index contributed by atoms with van der Waals surface area (Å²) in [6.45, 7) is 1.86. The summed E-state index contributed by atoms with van der Waals surface area (Å²) in [5, 5.41) is 29.1. The van der Waals surface area contributed by atoms with Crippen molar-refractivity contribution in [3.63, 3.8) is 0 Å². The van der Waals surface area contributed by atoms with Gasteiger partial charge >= 0.3 is 5.97 Å². The van der Waals surface area contributed by atoms with E-state index in [9.17, 15) is 34.2 Å². The van der Waals surface area contributed by atoms with E-state index in [-0.39, 0.29) is 25.2 Å². The number of aromatic nitrogens is 2. The maximum absolute atomic E-state index is 13.1. The van der Waals surface area contributed by atoms with Crippen LogP contribution in [0.1, 0.15) is 38.3 Å². The molecule has 0 bridgehead atoms. The van der Waals surface area contributed by atoms with Crippen molar-refractivity contribution in [2.24, 2.45) is 5.73 Å². The summed E-state index contributed by atoms with van der Waals surface area (Å²) in [6.07, 6.45) is 2.47. The fourth-order valence-corrected chi connectivity index (χ4v) is 3.48. The Morgan fingerprint density at radius 1 is 1.18 bits per heavy atom. The van der Waals surface area contributed by atoms with Gasteiger partial charge in [-0.2, -0.15) is 0 Å². The number of nitrogens with two attached hydrogens (primary N) is 1. The lowest BCUT2D eigenvalue weighted by Crippen LogP contribution is -2.58. The number of amides is 4. The molecule has 14 heteroatoms. The summed E-state index contributed by atoms with van der Waals surface area (Å²) in [6, 6.07) is -4.51. The highest BCUT2D eigenvalue weighted by molar-refractivity contribution is 5.94. The highest BCUT2D eigenvalue weighted by atomic mass is 16.4. The van der Waals surface area contributed by atoms with E-state index >= 15 is 0 Å². The van der Waals surface area contributed by atoms with Crippen LogP contribution in [0.5, 0.6) is 0 Å². The van der Waals surface area contributed by atoms with E-state index in [0.29, 0.717) is 18.7 Å². The Morgan fingerprint density at radius 3 is 2.41 bits per heavy atom. The summed E-state index contributed by atoms with van der Waals surface area (Å²) >= 11 is 0. The number of carboxylic acid groups (broad SMARTS) is 1. The van der Waals surface area contributed by atoms with Crippen LogP contribution >= 0.6 is 0 Å². The molecule has 34 heavy (non-hydrogen) atoms. The minimum atomic E-state index is -1.63. The van der Waals surface area contributed by atoms with Crippen molar-refractivity contribution in [2.45, 2.75) is 69.3 Å². The molecule has 1 saturated heterocycles. The van der Waals surface area contributed by atoms with Gasteiger partial charge in [-0.1, -0.05) is 0 Å². The van der Waals surface area contributed by atoms with E-state index in [2.05, 4.69) is 31.2 Å². The number of nitrogens with zero attached hydrogens (tertiary/aromatic N) is 1. The molecule has 0 aliphatic carbocycles. The van der Waals surface area contributed by atoms with E-state index in [4.69, 9.17) is 5.73 Å². The molecule has 0 radical (unpaired) electrons. The first kappa shape index (κ1) is 26.7. The van der Waals surface area contributed by atoms with Crippen LogP contribution in [0.4, 0.5) is 0 Å². The van der Waals surface area contributed by atoms with Crippen LogP contribution in [0.3, 0.4) is 0 Å². The average molecular weight is 482 g/mol. The molecule has 5 atom stereocenters. The van der Waals surface area contributed by atoms with E-state index in [1.165, 1.54) is 19.4 Å². The van der Waals surface area contributed by atoms with Crippen molar-refractivity contribution in [3.8, 4) is 0 Å². The summed E-state index contributed by atoms with van der Waals surface area (Å²) in [4.78, 5) is 67.7. The number of aliphatic hydroxyl groups is 1. The molecule has 1 aromatic heterocycles. The lowest BCUT2D eigenvalue weighted by molar-refractivity contribution is -0.145. The average Bonchev–Trinajstić information content (AvgIpc) is 3.47. The van der Waals surface area contributed by atoms with Crippen molar-refractivity contribution in [1.82, 2.24) is 31.2 Å². The number of carbonyl (C=O) groups excluding carboxylic acids is 4. The van der Waals surface area contributed by atoms with E-state index < -0.39 is 54.0 Å². The molecule has 2 rings (SSSR count). The first-order chi connectivity index (χ1) is 16.1. The molecule has 14 nitrogen and oxygen atoms in total. The standard InChI is InChI=1S/C20H31N7O7/c1-10(28)16(20(33)34)27-18(31)13(4-5-15(21)29)25-19(32)14(7-11-8-22-9-24-11)26-17(30)12-3-2-6-23-12/h8-10,12-14,16,23,28H,2-7H2,1H3,(H2,21,29)(H,22,24)(H,25,32)(H,26,30)(H,27,31)(H,33,34). The van der Waals surface area contributed by atoms with Gasteiger partial charge in [0.2, 0.25) is 23.6 Å². The molecule has 4 amide bonds. The lowest BCUT2D eigenvalue weighted by atomic mass is 10.1. The molecule has 5 unspecified atom stereocenters. The van der Waals surface area contributed by atoms with Gasteiger partial charge in [-0.15, -0.1) is 0 Å². The number of primary amides is 1. The van der Waals surface area contributed by atoms with Gasteiger partial charge < -0.3 is 42.2 Å². The number of rotatable bonds is 13. The number of imidazole rings is 1. The van der Waals surface area contributed by atoms with Gasteiger partial charge in [0.1, 0.15) is 12.1 Å². The highest BCUT2D eigenvalue weighted by Gasteiger charge is 2.33. The third-order valence-corrected chi connectivity index (χ3v) is 5.35. The van der Waals surface area contributed by atoms with Crippen LogP contribution in [0.2, 0.25) is 0 Å². The third-order valence-electron chi connectivity index (χ3n) is 5.35. The van der Waals surface area contributed by atoms with Gasteiger partial charge in [-0.3, -0.25) is 19.2 Å². The molecule has 0 aromatic carbocycles. The molecule has 0 saturated carbocycles. The zero-order chi connectivity index (χ0) is 25.3. The third kappa shape index (κ3) is 8.12. The molecule has 1 aliphatic rings. The molecule has 9 N–H and O–H groups in total. The second kappa shape index (κ2) is 12.6. The maximum atomic E-state index is 13.1. The summed E-state index contributed by atoms with van der Waals surface area (Å²) in [5.41, 5.74) is 5.72. The molecule has 1 fully saturated rings. The Labute approximate surface area is 195 Å². The fraction of sp³-hybridized carbons (Fsp3) is 0.600. The van der Waals surface area contributed by atoms with Gasteiger partial charge in [-0.05, 0) is 32.7 Å². The van der Waals surface area contributed by atoms with Crippen LogP contribution in [-0.2, 0) is 30.4 Å². The monoisotopic (exact) mass is 481 g/mol. The molecular weight excluding hydrogens is 450 g/mol. The summed E-state index contributed by atoms with van der Waals surface area (Å²) in [7, 11) is 0. The Morgan fingerprint density at radius 2 is 1.88 bits per heavy atom. The molecule has 2 heterocycles. The number of hydrogen-bond donors (Lipinski definition) is 8. The van der Waals surface area contributed by atoms with Crippen molar-refractivity contribution in [1.29, 1.82) is 0 Å². The van der Waals surface area contributed by atoms with Crippen LogP contribution in [0.25, 0.3) is 0 Å². The van der Waals surface area contributed by atoms with Crippen molar-refractivity contribution in [3.05, 3.63) is 18.2 Å². The maximum Gasteiger partial charge on any atom is 0.328 e. The zero-order valence-corrected chi connectivity index (χ0v) is 18.7. The number of hydrogen-bond acceptors (Lipinski definition) is 8. The number of carboxylic acids is 1. The van der Waals surface area contributed by atoms with Gasteiger partial charge in [0, 0.05) is 24.7 Å². The Bertz CT molecular complexity index is 869. The van der Waals surface area contributed by atoms with Crippen molar-refractivity contribution >= 4 is 29.6 Å². The molecule has 1 aromatic rings. The smallest absolute Gasteiger partial charge is 0.328 e. The summed E-state index contributed by atoms with van der Waals surface area (Å²) in [5.74, 6) is -4.24. The quantitative estimate of drug-likeness (QED) is 0.142. The van der Waals surface area contributed by atoms with Gasteiger partial charge in [0.25, 0.3) is 0 Å². The predicted octanol–water partition coefficient (Wildman–Crippen LogP) is -3.11. The Kier molecular flexibility index (Phi) is 9.94. The second-order valence-corrected chi connectivity index (χ2v) is 8.12. The fourth-order valence-electron chi connectivity index (χ4n) is 3.48. The summed E-state index contributed by atoms with van der Waals surface area (Å²) < 4.78 is 0. The minimum Gasteiger partial charge on any atom is -0.480 e. The number of aliphatic carboxylic acids is 1. The Balaban J connectivity index is 2.16. The molecule has 1 aliphatic heterocycles. The van der Waals surface area contributed by atoms with E-state index in [1.54, 1.807) is 0 Å². The lowest BCUT2D eigenvalue weighted by Gasteiger charge is -2.25. The number of nitrogens with one attached hydrogen (secondary N) is 5. The van der Waals surface area contributed by atoms with Gasteiger partial charge in [0.15, 0.2) is 6.04 Å². The van der Waals surface area contributed by atoms with Gasteiger partial charge in [0.05, 0.1) is 18.5 Å². The predicted molar refractivity (Wildman–Crippen MR) is 117 cm³/mol. The highest BCUT2D eigenvalue weighted by Crippen LogP contribution is 2.08. The van der Waals surface area contributed by atoms with E-state index in [1.807, 2.05) is 0 Å². The molecule has 0 spiro atoms. The largest absolute Gasteiger partial charge is 0.480 e. The minimum absolute atomic E-state index is 0.0415. The van der Waals surface area contributed by atoms with Crippen molar-refractivity contribution < 1.29 is 34.2 Å². The number of aromatic amines is 1. The number of H-pyrrole nitrogens is 1. The van der Waals surface area contributed by atoms with Crippen molar-refractivity contribution in [2.75, 3.05) is 6.54 Å². The topological polar surface area (TPSA) is 229 Å². The zero-order valence-electron chi connectivity index (χ0n) is 18.7. The Hall–Kier alpha value is -3.52. The number of carbonyl (C=O) groups is 5. The van der Waals surface area contributed by atoms with E-state index in [0.717, 1.165) is 6.42 Å². The SMILES string of the molecule is CC(O)C(NC(=O)C(CCC(N)=O)NC(=O)C(Cc1cnc[nH]1)NC(=O)C1CCCN1)C(=O)O. The first-order valence-electron chi connectivity index (χ1n) is 10.9. The molecular formula is C20H31N7O7. The first-order valence-corrected chi connectivity index (χ1v) is 10.9. The van der Waals surface area contributed by atoms with Crippen LogP contribution in [0, 0.1) is 0 Å². The molecule has 188 valence electrons. The van der Waals surface area contributed by atoms with Gasteiger partial charge in [-0.25, -0.2) is 9.78 Å². The second-order valence-electron chi connectivity index (χ2n) is 8.12. The van der Waals surface area contributed by atoms with Crippen LogP contribution < -0.4 is 27.0 Å². The van der Waals surface area contributed by atoms with Crippen LogP contribution in [-0.4, -0.2) is 86.6 Å². The number of aliphatic hydroxyl groups excluding tert-OH is 1. The normalized spacial score (nSPS) is 18.8. The van der Waals surface area contributed by atoms with Crippen LogP contribution in [0.15, 0.2) is 12.5 Å².